The number of tetrazole rings is 1. The molecule has 0 unspecified atom stereocenters. The number of rotatable bonds is 7. The van der Waals surface area contributed by atoms with Gasteiger partial charge in [0.25, 0.3) is 5.56 Å². The molecule has 33 heavy (non-hydrogen) atoms. The first-order valence-corrected chi connectivity index (χ1v) is 11.4. The molecule has 1 saturated heterocycles. The number of ether oxygens (including phenoxy) is 1. The van der Waals surface area contributed by atoms with Crippen molar-refractivity contribution in [2.24, 2.45) is 5.92 Å². The summed E-state index contributed by atoms with van der Waals surface area (Å²) in [7, 11) is 0. The maximum atomic E-state index is 13.3. The molecule has 1 fully saturated rings. The van der Waals surface area contributed by atoms with E-state index >= 15 is 0 Å². The van der Waals surface area contributed by atoms with Crippen LogP contribution in [0.15, 0.2) is 51.9 Å². The second-order valence-corrected chi connectivity index (χ2v) is 8.63. The van der Waals surface area contributed by atoms with E-state index in [1.54, 1.807) is 10.9 Å². The molecule has 9 nitrogen and oxygen atoms in total. The third-order valence-electron chi connectivity index (χ3n) is 6.32. The van der Waals surface area contributed by atoms with E-state index in [2.05, 4.69) is 32.3 Å². The van der Waals surface area contributed by atoms with E-state index in [1.807, 2.05) is 43.3 Å². The molecule has 0 radical (unpaired) electrons. The molecule has 1 aliphatic heterocycles. The zero-order valence-corrected chi connectivity index (χ0v) is 18.9. The third-order valence-corrected chi connectivity index (χ3v) is 6.32. The highest BCUT2D eigenvalue weighted by Gasteiger charge is 2.32. The number of aromatic nitrogens is 5. The summed E-state index contributed by atoms with van der Waals surface area (Å²) in [5.41, 5.74) is 1.26. The van der Waals surface area contributed by atoms with Gasteiger partial charge in [0.1, 0.15) is 24.1 Å². The van der Waals surface area contributed by atoms with E-state index in [4.69, 9.17) is 9.15 Å². The first-order chi connectivity index (χ1) is 16.1. The quantitative estimate of drug-likeness (QED) is 0.462. The number of aromatic amines is 1. The molecule has 0 bridgehead atoms. The molecule has 5 rings (SSSR count). The Hall–Kier alpha value is -3.46. The van der Waals surface area contributed by atoms with Crippen LogP contribution < -0.4 is 10.3 Å². The molecule has 4 heterocycles. The van der Waals surface area contributed by atoms with E-state index < -0.39 is 0 Å². The van der Waals surface area contributed by atoms with Crippen LogP contribution in [0.4, 0.5) is 0 Å². The van der Waals surface area contributed by atoms with E-state index in [9.17, 15) is 4.79 Å². The van der Waals surface area contributed by atoms with Gasteiger partial charge in [0, 0.05) is 16.5 Å². The molecule has 0 aliphatic carbocycles. The zero-order chi connectivity index (χ0) is 22.8. The van der Waals surface area contributed by atoms with Gasteiger partial charge in [-0.25, -0.2) is 4.68 Å². The summed E-state index contributed by atoms with van der Waals surface area (Å²) in [6, 6.07) is 11.0. The second kappa shape index (κ2) is 9.19. The monoisotopic (exact) mass is 448 g/mol. The Labute approximate surface area is 191 Å². The van der Waals surface area contributed by atoms with Crippen molar-refractivity contribution in [3.8, 4) is 5.75 Å². The maximum absolute atomic E-state index is 13.3. The number of benzene rings is 1. The molecule has 0 saturated carbocycles. The predicted molar refractivity (Wildman–Crippen MR) is 123 cm³/mol. The molecular weight excluding hydrogens is 420 g/mol. The average Bonchev–Trinajstić information content (AvgIpc) is 3.49. The van der Waals surface area contributed by atoms with Gasteiger partial charge in [0.2, 0.25) is 0 Å². The van der Waals surface area contributed by atoms with Crippen molar-refractivity contribution in [2.75, 3.05) is 19.7 Å². The minimum Gasteiger partial charge on any atom is -0.494 e. The summed E-state index contributed by atoms with van der Waals surface area (Å²) in [6.07, 6.45) is 3.76. The first-order valence-electron chi connectivity index (χ1n) is 11.4. The molecule has 3 aromatic heterocycles. The van der Waals surface area contributed by atoms with Gasteiger partial charge >= 0.3 is 0 Å². The van der Waals surface area contributed by atoms with Crippen LogP contribution in [0.25, 0.3) is 10.9 Å². The Morgan fingerprint density at radius 2 is 2.09 bits per heavy atom. The van der Waals surface area contributed by atoms with Crippen LogP contribution in [0.5, 0.6) is 5.75 Å². The standard InChI is InChI=1S/C24H28N6O3/c1-3-32-18-6-7-21-17(13-18)14-20(24(31)25-21)22(29-10-8-16(2)9-11-29)23-26-27-28-30(23)15-19-5-4-12-33-19/h4-7,12-14,16,22H,3,8-11,15H2,1-2H3,(H,25,31)/t22-/m0/s1. The van der Waals surface area contributed by atoms with Gasteiger partial charge in [-0.05, 0) is 85.6 Å². The lowest BCUT2D eigenvalue weighted by Gasteiger charge is -2.35. The number of pyridine rings is 1. The molecule has 1 aliphatic rings. The summed E-state index contributed by atoms with van der Waals surface area (Å²) in [4.78, 5) is 18.7. The van der Waals surface area contributed by atoms with Crippen molar-refractivity contribution in [1.29, 1.82) is 0 Å². The SMILES string of the molecule is CCOc1ccc2[nH]c(=O)c([C@@H](c3nnnn3Cc3ccco3)N3CCC(C)CC3)cc2c1. The van der Waals surface area contributed by atoms with Gasteiger partial charge in [-0.2, -0.15) is 0 Å². The fourth-order valence-electron chi connectivity index (χ4n) is 4.52. The van der Waals surface area contributed by atoms with Gasteiger partial charge in [-0.1, -0.05) is 6.92 Å². The Bertz CT molecular complexity index is 1270. The van der Waals surface area contributed by atoms with Gasteiger partial charge < -0.3 is 14.1 Å². The van der Waals surface area contributed by atoms with Crippen molar-refractivity contribution in [3.05, 3.63) is 70.2 Å². The van der Waals surface area contributed by atoms with Gasteiger partial charge in [0.15, 0.2) is 5.82 Å². The Morgan fingerprint density at radius 1 is 1.24 bits per heavy atom. The predicted octanol–water partition coefficient (Wildman–Crippen LogP) is 3.38. The van der Waals surface area contributed by atoms with Gasteiger partial charge in [-0.15, -0.1) is 5.10 Å². The van der Waals surface area contributed by atoms with Crippen molar-refractivity contribution >= 4 is 10.9 Å². The van der Waals surface area contributed by atoms with E-state index in [-0.39, 0.29) is 11.6 Å². The number of likely N-dealkylation sites (tertiary alicyclic amines) is 1. The number of H-pyrrole nitrogens is 1. The van der Waals surface area contributed by atoms with Crippen LogP contribution in [0.2, 0.25) is 0 Å². The number of piperidine rings is 1. The van der Waals surface area contributed by atoms with Gasteiger partial charge in [0.05, 0.1) is 12.9 Å². The molecule has 1 aromatic carbocycles. The molecule has 9 heteroatoms. The highest BCUT2D eigenvalue weighted by atomic mass is 16.5. The van der Waals surface area contributed by atoms with Crippen LogP contribution in [0.3, 0.4) is 0 Å². The number of fused-ring (bicyclic) bond motifs is 1. The maximum Gasteiger partial charge on any atom is 0.253 e. The lowest BCUT2D eigenvalue weighted by molar-refractivity contribution is 0.149. The van der Waals surface area contributed by atoms with Crippen molar-refractivity contribution < 1.29 is 9.15 Å². The summed E-state index contributed by atoms with van der Waals surface area (Å²) in [5.74, 6) is 2.81. The molecule has 1 atom stereocenters. The van der Waals surface area contributed by atoms with Crippen LogP contribution in [-0.2, 0) is 6.54 Å². The summed E-state index contributed by atoms with van der Waals surface area (Å²) < 4.78 is 12.9. The fraction of sp³-hybridized carbons (Fsp3) is 0.417. The molecule has 172 valence electrons. The smallest absolute Gasteiger partial charge is 0.253 e. The van der Waals surface area contributed by atoms with E-state index in [1.165, 1.54) is 0 Å². The lowest BCUT2D eigenvalue weighted by Crippen LogP contribution is -2.40. The number of nitrogens with one attached hydrogen (secondary N) is 1. The van der Waals surface area contributed by atoms with Crippen molar-refractivity contribution in [3.63, 3.8) is 0 Å². The van der Waals surface area contributed by atoms with Crippen LogP contribution in [0.1, 0.15) is 49.9 Å². The first kappa shape index (κ1) is 21.4. The highest BCUT2D eigenvalue weighted by Crippen LogP contribution is 2.31. The largest absolute Gasteiger partial charge is 0.494 e. The molecule has 4 aromatic rings. The Kier molecular flexibility index (Phi) is 5.95. The summed E-state index contributed by atoms with van der Waals surface area (Å²) in [5, 5.41) is 13.5. The second-order valence-electron chi connectivity index (χ2n) is 8.63. The average molecular weight is 449 g/mol. The minimum absolute atomic E-state index is 0.136. The number of nitrogens with zero attached hydrogens (tertiary/aromatic N) is 5. The summed E-state index contributed by atoms with van der Waals surface area (Å²) >= 11 is 0. The normalized spacial score (nSPS) is 16.3. The highest BCUT2D eigenvalue weighted by molar-refractivity contribution is 5.80. The van der Waals surface area contributed by atoms with E-state index in [0.717, 1.165) is 48.3 Å². The molecule has 1 N–H and O–H groups in total. The van der Waals surface area contributed by atoms with Crippen LogP contribution in [-0.4, -0.2) is 49.8 Å². The van der Waals surface area contributed by atoms with Crippen molar-refractivity contribution in [1.82, 2.24) is 30.1 Å². The Morgan fingerprint density at radius 3 is 2.85 bits per heavy atom. The topological polar surface area (TPSA) is 102 Å². The van der Waals surface area contributed by atoms with E-state index in [0.29, 0.717) is 30.5 Å². The van der Waals surface area contributed by atoms with Crippen LogP contribution in [0, 0.1) is 5.92 Å². The number of furan rings is 1. The molecule has 0 spiro atoms. The van der Waals surface area contributed by atoms with Crippen molar-refractivity contribution in [2.45, 2.75) is 39.3 Å². The van der Waals surface area contributed by atoms with Gasteiger partial charge in [-0.3, -0.25) is 9.69 Å². The number of hydrogen-bond donors (Lipinski definition) is 1. The third kappa shape index (κ3) is 4.41. The zero-order valence-electron chi connectivity index (χ0n) is 18.9. The van der Waals surface area contributed by atoms with Crippen LogP contribution >= 0.6 is 0 Å². The minimum atomic E-state index is -0.369. The molecular formula is C24H28N6O3. The lowest BCUT2D eigenvalue weighted by atomic mass is 9.95. The Balaban J connectivity index is 1.61. The summed E-state index contributed by atoms with van der Waals surface area (Å²) in [6.45, 7) is 6.94. The molecule has 0 amide bonds. The fourth-order valence-corrected chi connectivity index (χ4v) is 4.52. The number of hydrogen-bond acceptors (Lipinski definition) is 7.